The zero-order valence-electron chi connectivity index (χ0n) is 6.45. The number of amides is 1. The second kappa shape index (κ2) is 2.68. The van der Waals surface area contributed by atoms with Crippen LogP contribution in [0.3, 0.4) is 0 Å². The Bertz CT molecular complexity index is 185. The van der Waals surface area contributed by atoms with Crippen molar-refractivity contribution in [3.05, 3.63) is 0 Å². The summed E-state index contributed by atoms with van der Waals surface area (Å²) in [5.41, 5.74) is 0.233. The first kappa shape index (κ1) is 7.43. The summed E-state index contributed by atoms with van der Waals surface area (Å²) in [7, 11) is 0. The molecule has 4 heteroatoms. The molecule has 0 aliphatic carbocycles. The standard InChI is InChI=1S/C7H11NO2S/c1-2-10-7-4-8-5(9)3-6(8)11-7/h6-7H,2-4H2,1H3/t6-,7?/m1/s1. The fourth-order valence-electron chi connectivity index (χ4n) is 1.42. The number of hydrogen-bond donors (Lipinski definition) is 0. The summed E-state index contributed by atoms with van der Waals surface area (Å²) in [6.45, 7) is 3.52. The molecule has 2 atom stereocenters. The molecule has 0 aromatic heterocycles. The van der Waals surface area contributed by atoms with Crippen molar-refractivity contribution in [3.8, 4) is 0 Å². The lowest BCUT2D eigenvalue weighted by Crippen LogP contribution is -2.47. The molecule has 0 saturated carbocycles. The van der Waals surface area contributed by atoms with Crippen molar-refractivity contribution in [3.63, 3.8) is 0 Å². The summed E-state index contributed by atoms with van der Waals surface area (Å²) in [6, 6.07) is 0. The van der Waals surface area contributed by atoms with Gasteiger partial charge in [-0.1, -0.05) is 0 Å². The Balaban J connectivity index is 1.88. The van der Waals surface area contributed by atoms with Crippen molar-refractivity contribution in [1.29, 1.82) is 0 Å². The summed E-state index contributed by atoms with van der Waals surface area (Å²) in [5.74, 6) is 0.282. The van der Waals surface area contributed by atoms with Crippen LogP contribution in [0, 0.1) is 0 Å². The topological polar surface area (TPSA) is 29.5 Å². The third kappa shape index (κ3) is 1.14. The Kier molecular flexibility index (Phi) is 1.81. The molecule has 1 amide bonds. The monoisotopic (exact) mass is 173 g/mol. The highest BCUT2D eigenvalue weighted by Crippen LogP contribution is 2.39. The van der Waals surface area contributed by atoms with Gasteiger partial charge >= 0.3 is 0 Å². The molecule has 0 spiro atoms. The van der Waals surface area contributed by atoms with E-state index in [1.807, 2.05) is 11.8 Å². The minimum Gasteiger partial charge on any atom is -0.366 e. The van der Waals surface area contributed by atoms with Gasteiger partial charge in [0, 0.05) is 6.61 Å². The molecule has 0 radical (unpaired) electrons. The fourth-order valence-corrected chi connectivity index (χ4v) is 2.82. The minimum absolute atomic E-state index is 0.233. The SMILES string of the molecule is CCOC1CN2C(=O)C[C@H]2S1. The number of thioether (sulfide) groups is 1. The molecule has 1 unspecified atom stereocenters. The van der Waals surface area contributed by atoms with E-state index in [9.17, 15) is 4.79 Å². The summed E-state index contributed by atoms with van der Waals surface area (Å²) >= 11 is 1.77. The number of carbonyl (C=O) groups excluding carboxylic acids is 1. The third-order valence-electron chi connectivity index (χ3n) is 2.02. The molecule has 2 aliphatic rings. The van der Waals surface area contributed by atoms with E-state index >= 15 is 0 Å². The number of nitrogens with zero attached hydrogens (tertiary/aromatic N) is 1. The highest BCUT2D eigenvalue weighted by Gasteiger charge is 2.44. The van der Waals surface area contributed by atoms with Gasteiger partial charge in [-0.15, -0.1) is 11.8 Å². The highest BCUT2D eigenvalue weighted by molar-refractivity contribution is 8.00. The normalized spacial score (nSPS) is 35.4. The van der Waals surface area contributed by atoms with Crippen LogP contribution in [0.1, 0.15) is 13.3 Å². The average Bonchev–Trinajstić information content (AvgIpc) is 2.29. The predicted octanol–water partition coefficient (Wildman–Crippen LogP) is 0.654. The van der Waals surface area contributed by atoms with Crippen LogP contribution < -0.4 is 0 Å². The third-order valence-corrected chi connectivity index (χ3v) is 3.35. The second-order valence-electron chi connectivity index (χ2n) is 2.73. The van der Waals surface area contributed by atoms with E-state index < -0.39 is 0 Å². The van der Waals surface area contributed by atoms with Crippen LogP contribution >= 0.6 is 11.8 Å². The van der Waals surface area contributed by atoms with E-state index in [-0.39, 0.29) is 11.3 Å². The van der Waals surface area contributed by atoms with Crippen LogP contribution in [0.25, 0.3) is 0 Å². The molecular formula is C7H11NO2S. The van der Waals surface area contributed by atoms with Crippen LogP contribution in [-0.2, 0) is 9.53 Å². The van der Waals surface area contributed by atoms with Crippen molar-refractivity contribution in [2.45, 2.75) is 24.2 Å². The van der Waals surface area contributed by atoms with E-state index in [4.69, 9.17) is 4.74 Å². The minimum atomic E-state index is 0.233. The van der Waals surface area contributed by atoms with Crippen LogP contribution in [-0.4, -0.2) is 34.8 Å². The molecule has 0 N–H and O–H groups in total. The lowest BCUT2D eigenvalue weighted by atomic mass is 10.2. The maximum atomic E-state index is 10.9. The van der Waals surface area contributed by atoms with Crippen molar-refractivity contribution < 1.29 is 9.53 Å². The van der Waals surface area contributed by atoms with Gasteiger partial charge in [-0.05, 0) is 6.92 Å². The number of carbonyl (C=O) groups is 1. The summed E-state index contributed by atoms with van der Waals surface area (Å²) in [5, 5.41) is 0.430. The van der Waals surface area contributed by atoms with E-state index in [1.54, 1.807) is 11.8 Å². The van der Waals surface area contributed by atoms with Crippen molar-refractivity contribution in [1.82, 2.24) is 4.90 Å². The molecule has 2 heterocycles. The number of ether oxygens (including phenoxy) is 1. The zero-order valence-corrected chi connectivity index (χ0v) is 7.26. The maximum Gasteiger partial charge on any atom is 0.226 e. The van der Waals surface area contributed by atoms with Gasteiger partial charge < -0.3 is 9.64 Å². The summed E-state index contributed by atoms with van der Waals surface area (Å²) in [4.78, 5) is 12.8. The maximum absolute atomic E-state index is 10.9. The number of hydrogen-bond acceptors (Lipinski definition) is 3. The van der Waals surface area contributed by atoms with E-state index in [0.29, 0.717) is 11.8 Å². The number of rotatable bonds is 2. The Morgan fingerprint density at radius 1 is 1.82 bits per heavy atom. The van der Waals surface area contributed by atoms with Gasteiger partial charge in [0.1, 0.15) is 5.44 Å². The van der Waals surface area contributed by atoms with Gasteiger partial charge in [0.25, 0.3) is 0 Å². The molecule has 0 bridgehead atoms. The summed E-state index contributed by atoms with van der Waals surface area (Å²) in [6.07, 6.45) is 0.717. The largest absolute Gasteiger partial charge is 0.366 e. The van der Waals surface area contributed by atoms with Gasteiger partial charge in [-0.2, -0.15) is 0 Å². The molecule has 2 aliphatic heterocycles. The second-order valence-corrected chi connectivity index (χ2v) is 4.07. The molecule has 62 valence electrons. The molecule has 0 aromatic rings. The lowest BCUT2D eigenvalue weighted by Gasteiger charge is -2.32. The van der Waals surface area contributed by atoms with Crippen LogP contribution in [0.2, 0.25) is 0 Å². The molecule has 2 fully saturated rings. The van der Waals surface area contributed by atoms with Gasteiger partial charge in [0.05, 0.1) is 18.3 Å². The molecule has 2 rings (SSSR count). The van der Waals surface area contributed by atoms with Crippen LogP contribution in [0.4, 0.5) is 0 Å². The molecule has 0 aromatic carbocycles. The molecule has 3 nitrogen and oxygen atoms in total. The molecule has 2 saturated heterocycles. The zero-order chi connectivity index (χ0) is 7.84. The van der Waals surface area contributed by atoms with Gasteiger partial charge in [0.15, 0.2) is 0 Å². The summed E-state index contributed by atoms with van der Waals surface area (Å²) < 4.78 is 5.40. The van der Waals surface area contributed by atoms with Crippen molar-refractivity contribution in [2.75, 3.05) is 13.2 Å². The number of fused-ring (bicyclic) bond motifs is 1. The highest BCUT2D eigenvalue weighted by atomic mass is 32.2. The van der Waals surface area contributed by atoms with Crippen molar-refractivity contribution >= 4 is 17.7 Å². The van der Waals surface area contributed by atoms with Crippen LogP contribution in [0.5, 0.6) is 0 Å². The molecule has 11 heavy (non-hydrogen) atoms. The predicted molar refractivity (Wildman–Crippen MR) is 43.1 cm³/mol. The van der Waals surface area contributed by atoms with E-state index in [0.717, 1.165) is 13.2 Å². The Hall–Kier alpha value is -0.220. The van der Waals surface area contributed by atoms with E-state index in [2.05, 4.69) is 0 Å². The number of β-lactam (4-membered cyclic amide) rings is 1. The average molecular weight is 173 g/mol. The first-order chi connectivity index (χ1) is 5.31. The van der Waals surface area contributed by atoms with Gasteiger partial charge in [-0.25, -0.2) is 0 Å². The van der Waals surface area contributed by atoms with Crippen molar-refractivity contribution in [2.24, 2.45) is 0 Å². The van der Waals surface area contributed by atoms with Crippen LogP contribution in [0.15, 0.2) is 0 Å². The Morgan fingerprint density at radius 3 is 3.18 bits per heavy atom. The fraction of sp³-hybridized carbons (Fsp3) is 0.857. The lowest BCUT2D eigenvalue weighted by molar-refractivity contribution is -0.141. The van der Waals surface area contributed by atoms with Gasteiger partial charge in [-0.3, -0.25) is 4.79 Å². The smallest absolute Gasteiger partial charge is 0.226 e. The Morgan fingerprint density at radius 2 is 2.64 bits per heavy atom. The molecular weight excluding hydrogens is 162 g/mol. The first-order valence-corrected chi connectivity index (χ1v) is 4.82. The van der Waals surface area contributed by atoms with E-state index in [1.165, 1.54) is 0 Å². The van der Waals surface area contributed by atoms with Gasteiger partial charge in [0.2, 0.25) is 5.91 Å². The first-order valence-electron chi connectivity index (χ1n) is 3.88. The Labute approximate surface area is 70.1 Å². The quantitative estimate of drug-likeness (QED) is 0.574.